The standard InChI is InChI=1S/C18H25N3O5S/c1-21-15(18(22)19-13-5-3-2-4-6-13)10-14(20-27(21,23)24)12-7-8-16-17(9-12)26-11-25-16/h7-9,13-15,20H,2-6,10-11H2,1H3,(H,19,22). The zero-order valence-electron chi connectivity index (χ0n) is 15.3. The van der Waals surface area contributed by atoms with Gasteiger partial charge in [0.05, 0.1) is 6.04 Å². The van der Waals surface area contributed by atoms with Gasteiger partial charge in [0, 0.05) is 13.1 Å². The van der Waals surface area contributed by atoms with Crippen molar-refractivity contribution >= 4 is 16.1 Å². The third-order valence-electron chi connectivity index (χ3n) is 5.62. The van der Waals surface area contributed by atoms with E-state index in [4.69, 9.17) is 9.47 Å². The van der Waals surface area contributed by atoms with Gasteiger partial charge >= 0.3 is 0 Å². The highest BCUT2D eigenvalue weighted by atomic mass is 32.2. The van der Waals surface area contributed by atoms with Crippen molar-refractivity contribution < 1.29 is 22.7 Å². The summed E-state index contributed by atoms with van der Waals surface area (Å²) in [7, 11) is -2.31. The van der Waals surface area contributed by atoms with E-state index in [-0.39, 0.29) is 18.7 Å². The fourth-order valence-corrected chi connectivity index (χ4v) is 5.28. The summed E-state index contributed by atoms with van der Waals surface area (Å²) >= 11 is 0. The van der Waals surface area contributed by atoms with Crippen LogP contribution in [0.1, 0.15) is 50.1 Å². The van der Waals surface area contributed by atoms with Gasteiger partial charge in [0.25, 0.3) is 10.2 Å². The van der Waals surface area contributed by atoms with Gasteiger partial charge in [-0.05, 0) is 37.0 Å². The maximum Gasteiger partial charge on any atom is 0.280 e. The maximum atomic E-state index is 12.8. The number of ether oxygens (including phenoxy) is 2. The van der Waals surface area contributed by atoms with E-state index in [9.17, 15) is 13.2 Å². The molecule has 1 saturated heterocycles. The van der Waals surface area contributed by atoms with Crippen LogP contribution < -0.4 is 19.5 Å². The van der Waals surface area contributed by atoms with E-state index in [0.29, 0.717) is 17.9 Å². The second-order valence-electron chi connectivity index (χ2n) is 7.40. The molecule has 4 rings (SSSR count). The lowest BCUT2D eigenvalue weighted by molar-refractivity contribution is -0.126. The highest BCUT2D eigenvalue weighted by Crippen LogP contribution is 2.36. The van der Waals surface area contributed by atoms with Crippen LogP contribution in [0.15, 0.2) is 18.2 Å². The second kappa shape index (κ2) is 7.29. The summed E-state index contributed by atoms with van der Waals surface area (Å²) in [6.45, 7) is 0.157. The molecule has 0 aromatic heterocycles. The van der Waals surface area contributed by atoms with Gasteiger partial charge in [-0.3, -0.25) is 4.79 Å². The molecule has 1 saturated carbocycles. The lowest BCUT2D eigenvalue weighted by Gasteiger charge is -2.37. The number of nitrogens with zero attached hydrogens (tertiary/aromatic N) is 1. The fraction of sp³-hybridized carbons (Fsp3) is 0.611. The largest absolute Gasteiger partial charge is 0.454 e. The molecule has 27 heavy (non-hydrogen) atoms. The van der Waals surface area contributed by atoms with Gasteiger partial charge in [-0.1, -0.05) is 25.3 Å². The Bertz CT molecular complexity index is 822. The number of nitrogens with one attached hydrogen (secondary N) is 2. The Morgan fingerprint density at radius 3 is 2.70 bits per heavy atom. The summed E-state index contributed by atoms with van der Waals surface area (Å²) < 4.78 is 39.7. The van der Waals surface area contributed by atoms with Crippen LogP contribution >= 0.6 is 0 Å². The molecule has 2 aliphatic heterocycles. The summed E-state index contributed by atoms with van der Waals surface area (Å²) in [6, 6.07) is 4.25. The first-order valence-corrected chi connectivity index (χ1v) is 10.8. The molecule has 9 heteroatoms. The Kier molecular flexibility index (Phi) is 5.00. The van der Waals surface area contributed by atoms with Crippen molar-refractivity contribution in [1.29, 1.82) is 0 Å². The summed E-state index contributed by atoms with van der Waals surface area (Å²) in [5.41, 5.74) is 0.756. The van der Waals surface area contributed by atoms with Crippen LogP contribution in [0.2, 0.25) is 0 Å². The van der Waals surface area contributed by atoms with Crippen LogP contribution in [0.4, 0.5) is 0 Å². The van der Waals surface area contributed by atoms with Gasteiger partial charge in [-0.25, -0.2) is 0 Å². The molecule has 2 fully saturated rings. The molecule has 2 unspecified atom stereocenters. The minimum absolute atomic E-state index is 0.140. The molecule has 1 aliphatic carbocycles. The van der Waals surface area contributed by atoms with Gasteiger partial charge in [-0.2, -0.15) is 17.4 Å². The molecule has 2 heterocycles. The number of fused-ring (bicyclic) bond motifs is 1. The Morgan fingerprint density at radius 2 is 1.93 bits per heavy atom. The number of amides is 1. The van der Waals surface area contributed by atoms with Gasteiger partial charge in [0.2, 0.25) is 12.7 Å². The van der Waals surface area contributed by atoms with Crippen molar-refractivity contribution in [2.24, 2.45) is 0 Å². The van der Waals surface area contributed by atoms with Crippen LogP contribution in [0.25, 0.3) is 0 Å². The lowest BCUT2D eigenvalue weighted by atomic mass is 9.94. The van der Waals surface area contributed by atoms with Gasteiger partial charge < -0.3 is 14.8 Å². The average molecular weight is 395 g/mol. The molecule has 0 radical (unpaired) electrons. The highest BCUT2D eigenvalue weighted by Gasteiger charge is 2.41. The predicted molar refractivity (Wildman–Crippen MR) is 98.5 cm³/mol. The Labute approximate surface area is 159 Å². The fourth-order valence-electron chi connectivity index (χ4n) is 4.00. The molecule has 2 N–H and O–H groups in total. The van der Waals surface area contributed by atoms with Crippen LogP contribution in [0.5, 0.6) is 11.5 Å². The number of hydrogen-bond donors (Lipinski definition) is 2. The molecule has 148 valence electrons. The van der Waals surface area contributed by atoms with Gasteiger partial charge in [0.1, 0.15) is 6.04 Å². The van der Waals surface area contributed by atoms with E-state index in [1.165, 1.54) is 13.5 Å². The first-order chi connectivity index (χ1) is 12.9. The van der Waals surface area contributed by atoms with E-state index >= 15 is 0 Å². The molecule has 3 aliphatic rings. The summed E-state index contributed by atoms with van der Waals surface area (Å²) in [4.78, 5) is 12.8. The molecular formula is C18H25N3O5S. The Balaban J connectivity index is 1.53. The molecule has 0 bridgehead atoms. The van der Waals surface area contributed by atoms with Crippen molar-refractivity contribution in [2.75, 3.05) is 13.8 Å². The van der Waals surface area contributed by atoms with E-state index in [2.05, 4.69) is 10.0 Å². The van der Waals surface area contributed by atoms with Crippen LogP contribution in [0, 0.1) is 0 Å². The summed E-state index contributed by atoms with van der Waals surface area (Å²) in [5, 5.41) is 3.05. The number of carbonyl (C=O) groups is 1. The third kappa shape index (κ3) is 3.76. The van der Waals surface area contributed by atoms with Crippen molar-refractivity contribution in [3.05, 3.63) is 23.8 Å². The minimum atomic E-state index is -3.76. The van der Waals surface area contributed by atoms with E-state index in [0.717, 1.165) is 35.6 Å². The zero-order chi connectivity index (χ0) is 19.0. The molecule has 2 atom stereocenters. The van der Waals surface area contributed by atoms with Crippen molar-refractivity contribution in [1.82, 2.24) is 14.3 Å². The average Bonchev–Trinajstić information content (AvgIpc) is 3.12. The van der Waals surface area contributed by atoms with Crippen LogP contribution in [-0.2, 0) is 15.0 Å². The monoisotopic (exact) mass is 395 g/mol. The second-order valence-corrected chi connectivity index (χ2v) is 9.16. The van der Waals surface area contributed by atoms with Crippen molar-refractivity contribution in [3.63, 3.8) is 0 Å². The molecule has 1 aromatic carbocycles. The SMILES string of the molecule is CN1C(C(=O)NC2CCCCC2)CC(c2ccc3c(c2)OCO3)NS1(=O)=O. The number of hydrogen-bond acceptors (Lipinski definition) is 5. The number of carbonyl (C=O) groups excluding carboxylic acids is 1. The van der Waals surface area contributed by atoms with Gasteiger partial charge in [-0.15, -0.1) is 0 Å². The van der Waals surface area contributed by atoms with Gasteiger partial charge in [0.15, 0.2) is 11.5 Å². The first kappa shape index (κ1) is 18.5. The van der Waals surface area contributed by atoms with E-state index in [1.807, 2.05) is 6.07 Å². The molecule has 1 amide bonds. The topological polar surface area (TPSA) is 97.0 Å². The molecular weight excluding hydrogens is 370 g/mol. The minimum Gasteiger partial charge on any atom is -0.454 e. The first-order valence-electron chi connectivity index (χ1n) is 9.39. The lowest BCUT2D eigenvalue weighted by Crippen LogP contribution is -2.58. The highest BCUT2D eigenvalue weighted by molar-refractivity contribution is 7.87. The number of likely N-dealkylation sites (N-methyl/N-ethyl adjacent to an activating group) is 1. The Morgan fingerprint density at radius 1 is 1.19 bits per heavy atom. The summed E-state index contributed by atoms with van der Waals surface area (Å²) in [6.07, 6.45) is 5.67. The smallest absolute Gasteiger partial charge is 0.280 e. The number of benzene rings is 1. The van der Waals surface area contributed by atoms with Crippen molar-refractivity contribution in [2.45, 2.75) is 56.7 Å². The zero-order valence-corrected chi connectivity index (χ0v) is 16.1. The van der Waals surface area contributed by atoms with E-state index < -0.39 is 22.3 Å². The van der Waals surface area contributed by atoms with Crippen LogP contribution in [0.3, 0.4) is 0 Å². The van der Waals surface area contributed by atoms with Crippen LogP contribution in [-0.4, -0.2) is 44.6 Å². The quantitative estimate of drug-likeness (QED) is 0.807. The molecule has 1 aromatic rings. The molecule has 0 spiro atoms. The van der Waals surface area contributed by atoms with E-state index in [1.54, 1.807) is 12.1 Å². The maximum absolute atomic E-state index is 12.8. The number of rotatable bonds is 3. The normalized spacial score (nSPS) is 28.0. The predicted octanol–water partition coefficient (Wildman–Crippen LogP) is 1.44. The molecule has 8 nitrogen and oxygen atoms in total. The Hall–Kier alpha value is -1.84. The van der Waals surface area contributed by atoms with Crippen molar-refractivity contribution in [3.8, 4) is 11.5 Å². The third-order valence-corrected chi connectivity index (χ3v) is 7.22. The summed E-state index contributed by atoms with van der Waals surface area (Å²) in [5.74, 6) is 1.01.